The highest BCUT2D eigenvalue weighted by Crippen LogP contribution is 2.38. The Morgan fingerprint density at radius 1 is 0.803 bits per heavy atom. The molecule has 0 spiro atoms. The van der Waals surface area contributed by atoms with Crippen molar-refractivity contribution < 1.29 is 37.5 Å². The van der Waals surface area contributed by atoms with Gasteiger partial charge in [0.25, 0.3) is 5.91 Å². The normalized spacial score (nSPS) is 23.3. The molecule has 6 heterocycles. The second-order valence-corrected chi connectivity index (χ2v) is 19.1. The number of piperazine rings is 1. The maximum atomic E-state index is 13.8. The van der Waals surface area contributed by atoms with E-state index in [2.05, 4.69) is 36.4 Å². The molecule has 5 aliphatic rings. The topological polar surface area (TPSA) is 156 Å². The molecule has 17 heteroatoms. The average Bonchev–Trinajstić information content (AvgIpc) is 3.68. The monoisotopic (exact) mass is 911 g/mol. The maximum absolute atomic E-state index is 13.8. The predicted molar refractivity (Wildman–Crippen MR) is 243 cm³/mol. The summed E-state index contributed by atoms with van der Waals surface area (Å²) in [7, 11) is 0. The molecule has 2 aromatic heterocycles. The zero-order chi connectivity index (χ0) is 46.0. The highest BCUT2D eigenvalue weighted by molar-refractivity contribution is 6.04. The molecule has 2 aromatic carbocycles. The number of piperidine rings is 3. The largest absolute Gasteiger partial charge is 0.416 e. The number of imidazole rings is 1. The van der Waals surface area contributed by atoms with Gasteiger partial charge in [0.2, 0.25) is 23.7 Å². The summed E-state index contributed by atoms with van der Waals surface area (Å²) in [5.74, 6) is 0.837. The van der Waals surface area contributed by atoms with Crippen LogP contribution >= 0.6 is 0 Å². The van der Waals surface area contributed by atoms with E-state index in [1.165, 1.54) is 12.1 Å². The predicted octanol–water partition coefficient (Wildman–Crippen LogP) is 6.22. The first kappa shape index (κ1) is 45.8. The van der Waals surface area contributed by atoms with Crippen molar-refractivity contribution in [3.63, 3.8) is 0 Å². The second kappa shape index (κ2) is 19.8. The Morgan fingerprint density at radius 3 is 2.27 bits per heavy atom. The Labute approximate surface area is 382 Å². The number of likely N-dealkylation sites (tertiary alicyclic amines) is 1. The van der Waals surface area contributed by atoms with Crippen molar-refractivity contribution in [1.29, 1.82) is 0 Å². The van der Waals surface area contributed by atoms with Crippen molar-refractivity contribution in [1.82, 2.24) is 34.6 Å². The highest BCUT2D eigenvalue weighted by atomic mass is 19.4. The first-order valence-corrected chi connectivity index (χ1v) is 23.8. The minimum Gasteiger partial charge on any atom is -0.396 e. The Balaban J connectivity index is 0.747. The van der Waals surface area contributed by atoms with Gasteiger partial charge in [-0.25, -0.2) is 9.97 Å². The van der Waals surface area contributed by atoms with E-state index in [0.717, 1.165) is 132 Å². The van der Waals surface area contributed by atoms with Gasteiger partial charge in [-0.3, -0.25) is 34.7 Å². The molecule has 0 radical (unpaired) electrons. The summed E-state index contributed by atoms with van der Waals surface area (Å²) in [6.07, 6.45) is 5.11. The number of alkyl halides is 3. The van der Waals surface area contributed by atoms with E-state index >= 15 is 0 Å². The fourth-order valence-corrected chi connectivity index (χ4v) is 10.8. The van der Waals surface area contributed by atoms with Gasteiger partial charge in [-0.15, -0.1) is 0 Å². The fraction of sp³-hybridized carbons (Fsp3) is 0.551. The number of fused-ring (bicyclic) bond motifs is 1. The summed E-state index contributed by atoms with van der Waals surface area (Å²) in [6, 6.07) is 14.4. The lowest BCUT2D eigenvalue weighted by Crippen LogP contribution is -2.51. The van der Waals surface area contributed by atoms with Crippen LogP contribution in [0.5, 0.6) is 0 Å². The molecule has 4 aliphatic heterocycles. The van der Waals surface area contributed by atoms with Crippen LogP contribution in [0.25, 0.3) is 11.0 Å². The van der Waals surface area contributed by atoms with Crippen molar-refractivity contribution in [2.45, 2.75) is 88.9 Å². The van der Waals surface area contributed by atoms with Crippen molar-refractivity contribution in [3.8, 4) is 0 Å². The first-order chi connectivity index (χ1) is 31.9. The highest BCUT2D eigenvalue weighted by Gasteiger charge is 2.34. The summed E-state index contributed by atoms with van der Waals surface area (Å²) >= 11 is 0. The lowest BCUT2D eigenvalue weighted by molar-refractivity contribution is -0.139. The quantitative estimate of drug-likeness (QED) is 0.148. The van der Waals surface area contributed by atoms with Gasteiger partial charge in [0, 0.05) is 89.1 Å². The van der Waals surface area contributed by atoms with Crippen LogP contribution in [-0.4, -0.2) is 123 Å². The third-order valence-corrected chi connectivity index (χ3v) is 14.8. The number of rotatable bonds is 11. The molecule has 14 nitrogen and oxygen atoms in total. The first-order valence-electron chi connectivity index (χ1n) is 23.8. The molecule has 1 unspecified atom stereocenters. The van der Waals surface area contributed by atoms with Gasteiger partial charge in [-0.2, -0.15) is 13.2 Å². The van der Waals surface area contributed by atoms with Crippen molar-refractivity contribution in [3.05, 3.63) is 83.0 Å². The molecular weight excluding hydrogens is 852 g/mol. The second-order valence-electron chi connectivity index (χ2n) is 19.1. The molecular formula is C49H60F3N9O5. The number of nitrogens with one attached hydrogen (secondary N) is 2. The lowest BCUT2D eigenvalue weighted by atomic mass is 9.86. The minimum atomic E-state index is -4.58. The lowest BCUT2D eigenvalue weighted by Gasteiger charge is -2.40. The van der Waals surface area contributed by atoms with Crippen LogP contribution in [0.4, 0.5) is 24.9 Å². The SMILES string of the molecule is O=C1CCC(c2ccnc(N3CCC(CN4CCC(C(=O)N5CCN(Cc6ccc7c(c6)nc(NC(=O)c6cccc(C(F)(F)F)c6)n7C6CCC(CO)CC6)CC5)CC4)CC3)c2)C(=O)N1. The number of carbonyl (C=O) groups is 4. The molecule has 352 valence electrons. The molecule has 1 saturated carbocycles. The van der Waals surface area contributed by atoms with Gasteiger partial charge in [0.15, 0.2) is 0 Å². The van der Waals surface area contributed by atoms with Crippen molar-refractivity contribution in [2.24, 2.45) is 17.8 Å². The zero-order valence-corrected chi connectivity index (χ0v) is 37.4. The molecule has 0 bridgehead atoms. The van der Waals surface area contributed by atoms with Crippen LogP contribution in [0.1, 0.15) is 103 Å². The van der Waals surface area contributed by atoms with Crippen LogP contribution in [0, 0.1) is 17.8 Å². The number of imide groups is 1. The van der Waals surface area contributed by atoms with Crippen molar-refractivity contribution >= 4 is 46.4 Å². The number of aliphatic hydroxyl groups is 1. The molecule has 9 rings (SSSR count). The number of amides is 4. The number of benzene rings is 2. The zero-order valence-electron chi connectivity index (χ0n) is 37.4. The number of anilines is 2. The van der Waals surface area contributed by atoms with E-state index in [9.17, 15) is 37.5 Å². The maximum Gasteiger partial charge on any atom is 0.416 e. The van der Waals surface area contributed by atoms with Gasteiger partial charge in [-0.1, -0.05) is 12.1 Å². The molecule has 1 atom stereocenters. The smallest absolute Gasteiger partial charge is 0.396 e. The van der Waals surface area contributed by atoms with Gasteiger partial charge >= 0.3 is 6.18 Å². The van der Waals surface area contributed by atoms with E-state index in [-0.39, 0.29) is 53.7 Å². The van der Waals surface area contributed by atoms with Gasteiger partial charge in [-0.05, 0) is 136 Å². The average molecular weight is 912 g/mol. The Morgan fingerprint density at radius 2 is 1.56 bits per heavy atom. The molecule has 1 aliphatic carbocycles. The summed E-state index contributed by atoms with van der Waals surface area (Å²) in [6.45, 7) is 8.31. The molecule has 4 saturated heterocycles. The van der Waals surface area contributed by atoms with Gasteiger partial charge in [0.1, 0.15) is 5.82 Å². The summed E-state index contributed by atoms with van der Waals surface area (Å²) in [4.78, 5) is 69.9. The van der Waals surface area contributed by atoms with Crippen LogP contribution in [-0.2, 0) is 27.1 Å². The van der Waals surface area contributed by atoms with Crippen LogP contribution < -0.4 is 15.5 Å². The third-order valence-electron chi connectivity index (χ3n) is 14.8. The molecule has 4 amide bonds. The third kappa shape index (κ3) is 10.4. The van der Waals surface area contributed by atoms with E-state index in [1.807, 2.05) is 33.7 Å². The van der Waals surface area contributed by atoms with Crippen LogP contribution in [0.2, 0.25) is 0 Å². The minimum absolute atomic E-state index is 0.00605. The van der Waals surface area contributed by atoms with E-state index in [0.29, 0.717) is 49.9 Å². The fourth-order valence-electron chi connectivity index (χ4n) is 10.8. The summed E-state index contributed by atoms with van der Waals surface area (Å²) in [5.41, 5.74) is 2.47. The molecule has 4 aromatic rings. The Kier molecular flexibility index (Phi) is 13.7. The number of nitrogens with zero attached hydrogens (tertiary/aromatic N) is 7. The molecule has 66 heavy (non-hydrogen) atoms. The number of aliphatic hydroxyl groups excluding tert-OH is 1. The van der Waals surface area contributed by atoms with Crippen molar-refractivity contribution in [2.75, 3.05) is 75.7 Å². The van der Waals surface area contributed by atoms with Gasteiger partial charge < -0.3 is 24.4 Å². The number of hydrogen-bond donors (Lipinski definition) is 3. The number of aromatic nitrogens is 3. The Bertz CT molecular complexity index is 2390. The number of halogens is 3. The Hall–Kier alpha value is -5.39. The van der Waals surface area contributed by atoms with Crippen LogP contribution in [0.15, 0.2) is 60.8 Å². The summed E-state index contributed by atoms with van der Waals surface area (Å²) in [5, 5.41) is 15.0. The molecule has 3 N–H and O–H groups in total. The van der Waals surface area contributed by atoms with E-state index < -0.39 is 17.6 Å². The number of carbonyl (C=O) groups excluding carboxylic acids is 4. The number of hydrogen-bond acceptors (Lipinski definition) is 10. The summed E-state index contributed by atoms with van der Waals surface area (Å²) < 4.78 is 42.4. The van der Waals surface area contributed by atoms with Gasteiger partial charge in [0.05, 0.1) is 22.5 Å². The molecule has 5 fully saturated rings. The van der Waals surface area contributed by atoms with E-state index in [4.69, 9.17) is 4.98 Å². The standard InChI is InChI=1S/C49H60F3N9O5/c50-49(51,52)38-3-1-2-37(27-38)45(64)56-48-54-41-26-34(6-10-42(41)61(48)39-7-4-33(31-62)5-8-39)30-58-22-24-60(25-23-58)47(66)35-15-18-57(19-16-35)29-32-13-20-59(21-14-32)43-28-36(12-17-53-43)40-9-11-44(63)55-46(40)65/h1-3,6,10,12,17,26-28,32-33,35,39-40,62H,4-5,7-9,11,13-16,18-25,29-31H2,(H,54,56,64)(H,55,63,65). The number of pyridine rings is 1. The van der Waals surface area contributed by atoms with E-state index in [1.54, 1.807) is 6.20 Å². The van der Waals surface area contributed by atoms with Crippen LogP contribution in [0.3, 0.4) is 0 Å².